The van der Waals surface area contributed by atoms with E-state index in [0.717, 1.165) is 19.4 Å². The molecule has 0 bridgehead atoms. The van der Waals surface area contributed by atoms with E-state index < -0.39 is 0 Å². The number of hydrogen-bond donors (Lipinski definition) is 2. The van der Waals surface area contributed by atoms with Gasteiger partial charge in [-0.25, -0.2) is 4.39 Å². The number of thiocarbonyl (C=S) groups is 1. The maximum atomic E-state index is 13.4. The Kier molecular flexibility index (Phi) is 4.74. The van der Waals surface area contributed by atoms with Crippen LogP contribution in [-0.4, -0.2) is 24.4 Å². The standard InChI is InChI=1S/C12H14ClFN2OS/c13-8-3-4-10(14)11(6-8)16-12(18)15-7-9-2-1-5-17-9/h3-4,6,9H,1-2,5,7H2,(H2,15,16,18)/t9-/m1/s1. The fourth-order valence-corrected chi connectivity index (χ4v) is 2.14. The van der Waals surface area contributed by atoms with Gasteiger partial charge in [-0.3, -0.25) is 0 Å². The van der Waals surface area contributed by atoms with E-state index in [1.54, 1.807) is 0 Å². The van der Waals surface area contributed by atoms with Crippen molar-refractivity contribution in [1.82, 2.24) is 5.32 Å². The van der Waals surface area contributed by atoms with Crippen molar-refractivity contribution in [2.24, 2.45) is 0 Å². The molecule has 0 radical (unpaired) electrons. The summed E-state index contributed by atoms with van der Waals surface area (Å²) in [7, 11) is 0. The van der Waals surface area contributed by atoms with Gasteiger partial charge in [-0.2, -0.15) is 0 Å². The van der Waals surface area contributed by atoms with Crippen molar-refractivity contribution in [2.45, 2.75) is 18.9 Å². The number of rotatable bonds is 3. The van der Waals surface area contributed by atoms with Gasteiger partial charge in [0.25, 0.3) is 0 Å². The fraction of sp³-hybridized carbons (Fsp3) is 0.417. The van der Waals surface area contributed by atoms with Crippen LogP contribution in [0, 0.1) is 5.82 Å². The van der Waals surface area contributed by atoms with Crippen molar-refractivity contribution in [3.63, 3.8) is 0 Å². The summed E-state index contributed by atoms with van der Waals surface area (Å²) in [5, 5.41) is 6.61. The molecule has 2 N–H and O–H groups in total. The van der Waals surface area contributed by atoms with Gasteiger partial charge in [0, 0.05) is 18.2 Å². The third-order valence-electron chi connectivity index (χ3n) is 2.69. The van der Waals surface area contributed by atoms with Gasteiger partial charge in [0.1, 0.15) is 5.82 Å². The Morgan fingerprint density at radius 1 is 1.56 bits per heavy atom. The Morgan fingerprint density at radius 3 is 3.11 bits per heavy atom. The van der Waals surface area contributed by atoms with Crippen LogP contribution < -0.4 is 10.6 Å². The minimum Gasteiger partial charge on any atom is -0.376 e. The molecule has 1 saturated heterocycles. The van der Waals surface area contributed by atoms with Gasteiger partial charge < -0.3 is 15.4 Å². The molecule has 1 aromatic carbocycles. The zero-order valence-electron chi connectivity index (χ0n) is 9.71. The first kappa shape index (κ1) is 13.5. The largest absolute Gasteiger partial charge is 0.376 e. The molecule has 1 fully saturated rings. The molecule has 0 amide bonds. The van der Waals surface area contributed by atoms with Crippen LogP contribution in [0.1, 0.15) is 12.8 Å². The van der Waals surface area contributed by atoms with Gasteiger partial charge in [-0.05, 0) is 43.3 Å². The number of benzene rings is 1. The first-order valence-electron chi connectivity index (χ1n) is 5.76. The lowest BCUT2D eigenvalue weighted by Gasteiger charge is -2.14. The van der Waals surface area contributed by atoms with E-state index in [0.29, 0.717) is 16.7 Å². The highest BCUT2D eigenvalue weighted by Crippen LogP contribution is 2.19. The zero-order valence-corrected chi connectivity index (χ0v) is 11.3. The number of nitrogens with one attached hydrogen (secondary N) is 2. The molecular weight excluding hydrogens is 275 g/mol. The van der Waals surface area contributed by atoms with Crippen molar-refractivity contribution in [3.8, 4) is 0 Å². The summed E-state index contributed by atoms with van der Waals surface area (Å²) in [5.41, 5.74) is 0.271. The van der Waals surface area contributed by atoms with Crippen LogP contribution in [0.25, 0.3) is 0 Å². The van der Waals surface area contributed by atoms with E-state index >= 15 is 0 Å². The monoisotopic (exact) mass is 288 g/mol. The predicted molar refractivity (Wildman–Crippen MR) is 74.6 cm³/mol. The van der Waals surface area contributed by atoms with Gasteiger partial charge >= 0.3 is 0 Å². The van der Waals surface area contributed by atoms with Crippen LogP contribution >= 0.6 is 23.8 Å². The van der Waals surface area contributed by atoms with Crippen LogP contribution in [0.4, 0.5) is 10.1 Å². The Hall–Kier alpha value is -0.910. The van der Waals surface area contributed by atoms with E-state index in [9.17, 15) is 4.39 Å². The van der Waals surface area contributed by atoms with Crippen LogP contribution in [-0.2, 0) is 4.74 Å². The molecule has 18 heavy (non-hydrogen) atoms. The molecule has 1 aliphatic heterocycles. The topological polar surface area (TPSA) is 33.3 Å². The quantitative estimate of drug-likeness (QED) is 0.838. The van der Waals surface area contributed by atoms with Crippen LogP contribution in [0.5, 0.6) is 0 Å². The summed E-state index contributed by atoms with van der Waals surface area (Å²) >= 11 is 10.9. The van der Waals surface area contributed by atoms with Gasteiger partial charge in [-0.1, -0.05) is 11.6 Å². The first-order chi connectivity index (χ1) is 8.65. The van der Waals surface area contributed by atoms with Crippen LogP contribution in [0.15, 0.2) is 18.2 Å². The van der Waals surface area contributed by atoms with Crippen molar-refractivity contribution in [2.75, 3.05) is 18.5 Å². The Bertz CT molecular complexity index is 438. The maximum Gasteiger partial charge on any atom is 0.170 e. The van der Waals surface area contributed by atoms with E-state index in [4.69, 9.17) is 28.6 Å². The minimum absolute atomic E-state index is 0.189. The van der Waals surface area contributed by atoms with Crippen molar-refractivity contribution in [1.29, 1.82) is 0 Å². The van der Waals surface area contributed by atoms with Crippen molar-refractivity contribution in [3.05, 3.63) is 29.0 Å². The first-order valence-corrected chi connectivity index (χ1v) is 6.55. The molecule has 1 atom stereocenters. The highest BCUT2D eigenvalue weighted by Gasteiger charge is 2.15. The molecule has 1 heterocycles. The zero-order chi connectivity index (χ0) is 13.0. The van der Waals surface area contributed by atoms with Crippen LogP contribution in [0.3, 0.4) is 0 Å². The molecule has 1 aromatic rings. The molecule has 2 rings (SSSR count). The normalized spacial score (nSPS) is 18.7. The lowest BCUT2D eigenvalue weighted by atomic mass is 10.2. The third kappa shape index (κ3) is 3.80. The molecular formula is C12H14ClFN2OS. The number of ether oxygens (including phenoxy) is 1. The predicted octanol–water partition coefficient (Wildman–Crippen LogP) is 2.94. The molecule has 0 spiro atoms. The van der Waals surface area contributed by atoms with E-state index in [1.807, 2.05) is 0 Å². The second kappa shape index (κ2) is 6.31. The third-order valence-corrected chi connectivity index (χ3v) is 3.17. The molecule has 98 valence electrons. The summed E-state index contributed by atoms with van der Waals surface area (Å²) in [4.78, 5) is 0. The fourth-order valence-electron chi connectivity index (χ4n) is 1.77. The second-order valence-corrected chi connectivity index (χ2v) is 4.94. The minimum atomic E-state index is -0.388. The summed E-state index contributed by atoms with van der Waals surface area (Å²) < 4.78 is 18.9. The number of halogens is 2. The van der Waals surface area contributed by atoms with Gasteiger partial charge in [-0.15, -0.1) is 0 Å². The van der Waals surface area contributed by atoms with Crippen molar-refractivity contribution < 1.29 is 9.13 Å². The van der Waals surface area contributed by atoms with E-state index in [1.165, 1.54) is 18.2 Å². The highest BCUT2D eigenvalue weighted by atomic mass is 35.5. The molecule has 0 saturated carbocycles. The summed E-state index contributed by atoms with van der Waals surface area (Å²) in [5.74, 6) is -0.388. The van der Waals surface area contributed by atoms with E-state index in [2.05, 4.69) is 10.6 Å². The molecule has 0 unspecified atom stereocenters. The Balaban J connectivity index is 1.84. The number of anilines is 1. The highest BCUT2D eigenvalue weighted by molar-refractivity contribution is 7.80. The molecule has 0 aromatic heterocycles. The van der Waals surface area contributed by atoms with Gasteiger partial charge in [0.05, 0.1) is 11.8 Å². The Morgan fingerprint density at radius 2 is 2.39 bits per heavy atom. The molecule has 3 nitrogen and oxygen atoms in total. The summed E-state index contributed by atoms with van der Waals surface area (Å²) in [6.07, 6.45) is 2.30. The maximum absolute atomic E-state index is 13.4. The lowest BCUT2D eigenvalue weighted by molar-refractivity contribution is 0.114. The second-order valence-electron chi connectivity index (χ2n) is 4.09. The molecule has 0 aliphatic carbocycles. The molecule has 1 aliphatic rings. The average Bonchev–Trinajstić information content (AvgIpc) is 2.84. The molecule has 6 heteroatoms. The van der Waals surface area contributed by atoms with Gasteiger partial charge in [0.15, 0.2) is 5.11 Å². The van der Waals surface area contributed by atoms with Gasteiger partial charge in [0.2, 0.25) is 0 Å². The summed E-state index contributed by atoms with van der Waals surface area (Å²) in [6, 6.07) is 4.29. The average molecular weight is 289 g/mol. The van der Waals surface area contributed by atoms with Crippen molar-refractivity contribution >= 4 is 34.6 Å². The Labute approximate surface area is 116 Å². The summed E-state index contributed by atoms with van der Waals surface area (Å²) in [6.45, 7) is 1.43. The smallest absolute Gasteiger partial charge is 0.170 e. The van der Waals surface area contributed by atoms with E-state index in [-0.39, 0.29) is 17.6 Å². The number of hydrogen-bond acceptors (Lipinski definition) is 2. The SMILES string of the molecule is Fc1ccc(Cl)cc1NC(=S)NC[C@H]1CCCO1. The van der Waals surface area contributed by atoms with Crippen LogP contribution in [0.2, 0.25) is 5.02 Å². The lowest BCUT2D eigenvalue weighted by Crippen LogP contribution is -2.35.